The maximum absolute atomic E-state index is 10.1. The maximum atomic E-state index is 10.1. The molecule has 4 rings (SSSR count). The first kappa shape index (κ1) is 13.7. The molecule has 110 valence electrons. The molecule has 0 aromatic heterocycles. The fourth-order valence-electron chi connectivity index (χ4n) is 3.48. The lowest BCUT2D eigenvalue weighted by Gasteiger charge is -2.14. The minimum absolute atomic E-state index is 0.0584. The van der Waals surface area contributed by atoms with Gasteiger partial charge in [0, 0.05) is 29.7 Å². The Labute approximate surface area is 134 Å². The molecule has 2 aliphatic rings. The molecule has 1 aliphatic heterocycles. The number of phenols is 1. The Morgan fingerprint density at radius 3 is 2.59 bits per heavy atom. The quantitative estimate of drug-likeness (QED) is 0.752. The second-order valence-electron chi connectivity index (χ2n) is 6.01. The minimum atomic E-state index is 0.0584. The van der Waals surface area contributed by atoms with Gasteiger partial charge in [-0.1, -0.05) is 30.4 Å². The predicted octanol–water partition coefficient (Wildman–Crippen LogP) is 4.77. The fraction of sp³-hybridized carbons (Fsp3) is 0.200. The average Bonchev–Trinajstić information content (AvgIpc) is 2.87. The van der Waals surface area contributed by atoms with Crippen molar-refractivity contribution in [2.75, 3.05) is 0 Å². The van der Waals surface area contributed by atoms with E-state index in [9.17, 15) is 5.11 Å². The molecule has 0 amide bonds. The van der Waals surface area contributed by atoms with E-state index in [2.05, 4.69) is 54.6 Å². The Balaban J connectivity index is 1.92. The summed E-state index contributed by atoms with van der Waals surface area (Å²) in [6, 6.07) is 13.1. The average molecular weight is 307 g/mol. The number of aromatic hydroxyl groups is 1. The molecule has 0 saturated carbocycles. The van der Waals surface area contributed by atoms with E-state index < -0.39 is 0 Å². The molecule has 0 saturated heterocycles. The summed E-state index contributed by atoms with van der Waals surface area (Å²) >= 11 is 0. The van der Waals surface area contributed by atoms with Crippen molar-refractivity contribution in [3.8, 4) is 5.75 Å². The van der Waals surface area contributed by atoms with Crippen LogP contribution in [0.5, 0.6) is 5.75 Å². The topological polar surface area (TPSA) is 20.2 Å². The van der Waals surface area contributed by atoms with Crippen LogP contribution in [-0.2, 0) is 10.9 Å². The second-order valence-corrected chi connectivity index (χ2v) is 8.17. The molecule has 0 spiro atoms. The number of aryl methyl sites for hydroxylation is 2. The van der Waals surface area contributed by atoms with E-state index in [-0.39, 0.29) is 10.9 Å². The van der Waals surface area contributed by atoms with Crippen LogP contribution in [0.1, 0.15) is 23.1 Å². The highest BCUT2D eigenvalue weighted by molar-refractivity contribution is 7.98. The summed E-state index contributed by atoms with van der Waals surface area (Å²) < 4.78 is 0. The third-order valence-electron chi connectivity index (χ3n) is 4.55. The van der Waals surface area contributed by atoms with Gasteiger partial charge in [-0.15, -0.1) is 0 Å². The van der Waals surface area contributed by atoms with Gasteiger partial charge in [-0.25, -0.2) is 0 Å². The molecular weight excluding hydrogens is 288 g/mol. The van der Waals surface area contributed by atoms with Gasteiger partial charge in [-0.05, 0) is 37.1 Å². The van der Waals surface area contributed by atoms with Crippen LogP contribution in [0.3, 0.4) is 0 Å². The maximum Gasteiger partial charge on any atom is 0.169 e. The highest BCUT2D eigenvalue weighted by atomic mass is 32.2. The normalized spacial score (nSPS) is 22.2. The third-order valence-corrected chi connectivity index (χ3v) is 7.14. The number of hydrogen-bond acceptors (Lipinski definition) is 1. The van der Waals surface area contributed by atoms with Crippen molar-refractivity contribution < 1.29 is 5.11 Å². The highest BCUT2D eigenvalue weighted by Gasteiger charge is 2.47. The standard InChI is InChI=1S/C20H18OS/c1-13-11-15(12-14(2)20(13)21)22-18-9-5-3-7-16(18)17-8-4-6-10-19(17)22/h3-9,11-12,19H,10H2,1-2H3/p+1. The summed E-state index contributed by atoms with van der Waals surface area (Å²) in [7, 11) is 0.0584. The lowest BCUT2D eigenvalue weighted by Crippen LogP contribution is -2.18. The van der Waals surface area contributed by atoms with Gasteiger partial charge in [0.1, 0.15) is 5.75 Å². The van der Waals surface area contributed by atoms with Gasteiger partial charge in [0.05, 0.1) is 10.9 Å². The van der Waals surface area contributed by atoms with Crippen molar-refractivity contribution in [1.29, 1.82) is 0 Å². The molecule has 2 heteroatoms. The number of fused-ring (bicyclic) bond motifs is 3. The van der Waals surface area contributed by atoms with Crippen molar-refractivity contribution in [2.24, 2.45) is 0 Å². The van der Waals surface area contributed by atoms with E-state index >= 15 is 0 Å². The zero-order chi connectivity index (χ0) is 15.3. The highest BCUT2D eigenvalue weighted by Crippen LogP contribution is 2.48. The van der Waals surface area contributed by atoms with Gasteiger partial charge >= 0.3 is 0 Å². The Bertz CT molecular complexity index is 793. The number of rotatable bonds is 1. The molecular formula is C20H19OS+. The summed E-state index contributed by atoms with van der Waals surface area (Å²) in [5, 5.41) is 10.6. The van der Waals surface area contributed by atoms with Gasteiger partial charge in [0.25, 0.3) is 0 Å². The van der Waals surface area contributed by atoms with Crippen molar-refractivity contribution in [2.45, 2.75) is 35.3 Å². The second kappa shape index (κ2) is 5.06. The number of allylic oxidation sites excluding steroid dienone is 3. The molecule has 1 aliphatic carbocycles. The van der Waals surface area contributed by atoms with E-state index in [1.807, 2.05) is 13.8 Å². The van der Waals surface area contributed by atoms with Gasteiger partial charge in [0.15, 0.2) is 15.0 Å². The van der Waals surface area contributed by atoms with Crippen LogP contribution in [0.15, 0.2) is 64.4 Å². The van der Waals surface area contributed by atoms with Crippen LogP contribution in [0.25, 0.3) is 5.57 Å². The minimum Gasteiger partial charge on any atom is -0.507 e. The molecule has 22 heavy (non-hydrogen) atoms. The van der Waals surface area contributed by atoms with Crippen molar-refractivity contribution in [3.63, 3.8) is 0 Å². The first-order valence-electron chi connectivity index (χ1n) is 7.66. The Morgan fingerprint density at radius 2 is 1.82 bits per heavy atom. The van der Waals surface area contributed by atoms with Crippen molar-refractivity contribution in [3.05, 3.63) is 71.3 Å². The third kappa shape index (κ3) is 1.94. The molecule has 2 atom stereocenters. The van der Waals surface area contributed by atoms with E-state index in [1.54, 1.807) is 0 Å². The van der Waals surface area contributed by atoms with Crippen LogP contribution in [0, 0.1) is 13.8 Å². The predicted molar refractivity (Wildman–Crippen MR) is 93.4 cm³/mol. The molecule has 2 unspecified atom stereocenters. The van der Waals surface area contributed by atoms with Gasteiger partial charge < -0.3 is 5.11 Å². The number of hydrogen-bond donors (Lipinski definition) is 1. The Hall–Kier alpha value is -1.93. The molecule has 1 N–H and O–H groups in total. The molecule has 2 aromatic rings. The molecule has 1 nitrogen and oxygen atoms in total. The smallest absolute Gasteiger partial charge is 0.169 e. The van der Waals surface area contributed by atoms with Crippen LogP contribution in [0.2, 0.25) is 0 Å². The molecule has 1 heterocycles. The number of benzene rings is 2. The summed E-state index contributed by atoms with van der Waals surface area (Å²) in [6.45, 7) is 3.99. The van der Waals surface area contributed by atoms with Crippen LogP contribution < -0.4 is 0 Å². The van der Waals surface area contributed by atoms with Crippen LogP contribution >= 0.6 is 0 Å². The fourth-order valence-corrected chi connectivity index (χ4v) is 6.39. The molecule has 0 fully saturated rings. The first-order chi connectivity index (χ1) is 10.7. The summed E-state index contributed by atoms with van der Waals surface area (Å²) in [4.78, 5) is 2.80. The van der Waals surface area contributed by atoms with Crippen molar-refractivity contribution in [1.82, 2.24) is 0 Å². The van der Waals surface area contributed by atoms with Crippen LogP contribution in [0.4, 0.5) is 0 Å². The lowest BCUT2D eigenvalue weighted by atomic mass is 9.98. The summed E-state index contributed by atoms with van der Waals surface area (Å²) in [5.41, 5.74) is 4.83. The monoisotopic (exact) mass is 307 g/mol. The zero-order valence-electron chi connectivity index (χ0n) is 12.8. The van der Waals surface area contributed by atoms with E-state index in [0.29, 0.717) is 11.0 Å². The molecule has 0 radical (unpaired) electrons. The van der Waals surface area contributed by atoms with E-state index in [4.69, 9.17) is 0 Å². The number of phenolic OH excluding ortho intramolecular Hbond substituents is 1. The van der Waals surface area contributed by atoms with Gasteiger partial charge in [-0.3, -0.25) is 0 Å². The molecule has 2 aromatic carbocycles. The van der Waals surface area contributed by atoms with Crippen LogP contribution in [-0.4, -0.2) is 10.4 Å². The lowest BCUT2D eigenvalue weighted by molar-refractivity contribution is 0.466. The van der Waals surface area contributed by atoms with E-state index in [1.165, 1.54) is 20.9 Å². The summed E-state index contributed by atoms with van der Waals surface area (Å²) in [6.07, 6.45) is 7.84. The Kier molecular flexibility index (Phi) is 3.16. The first-order valence-corrected chi connectivity index (χ1v) is 8.95. The van der Waals surface area contributed by atoms with Gasteiger partial charge in [0.2, 0.25) is 0 Å². The summed E-state index contributed by atoms with van der Waals surface area (Å²) in [5.74, 6) is 0.430. The van der Waals surface area contributed by atoms with Gasteiger partial charge in [-0.2, -0.15) is 0 Å². The zero-order valence-corrected chi connectivity index (χ0v) is 13.7. The largest absolute Gasteiger partial charge is 0.507 e. The SMILES string of the molecule is Cc1cc([S+]2c3ccccc3C3=CC=CCC32)cc(C)c1O. The molecule has 0 bridgehead atoms. The van der Waals surface area contributed by atoms with Crippen molar-refractivity contribution >= 4 is 16.5 Å². The Morgan fingerprint density at radius 1 is 1.09 bits per heavy atom. The van der Waals surface area contributed by atoms with E-state index in [0.717, 1.165) is 17.5 Å².